The monoisotopic (exact) mass is 385 g/mol. The van der Waals surface area contributed by atoms with Crippen LogP contribution in [0.2, 0.25) is 0 Å². The number of carbonyl (C=O) groups is 2. The average Bonchev–Trinajstić information content (AvgIpc) is 2.65. The molecule has 0 aliphatic carbocycles. The molecule has 2 N–H and O–H groups in total. The molecule has 0 aromatic heterocycles. The molecule has 1 amide bonds. The summed E-state index contributed by atoms with van der Waals surface area (Å²) < 4.78 is 5.14. The highest BCUT2D eigenvalue weighted by molar-refractivity contribution is 5.95. The van der Waals surface area contributed by atoms with Crippen LogP contribution in [0.3, 0.4) is 0 Å². The smallest absolute Gasteiger partial charge is 0.306 e. The van der Waals surface area contributed by atoms with E-state index >= 15 is 0 Å². The molecule has 0 radical (unpaired) electrons. The molecular weight excluding hydrogens is 362 g/mol. The third kappa shape index (κ3) is 6.39. The zero-order chi connectivity index (χ0) is 20.5. The average molecular weight is 385 g/mol. The van der Waals surface area contributed by atoms with Crippen LogP contribution >= 0.6 is 0 Å². The van der Waals surface area contributed by atoms with E-state index in [-0.39, 0.29) is 12.1 Å². The van der Waals surface area contributed by atoms with Crippen molar-refractivity contribution in [1.82, 2.24) is 0 Å². The number of esters is 1. The van der Waals surface area contributed by atoms with Gasteiger partial charge in [-0.05, 0) is 44.0 Å². The third-order valence-corrected chi connectivity index (χ3v) is 3.94. The van der Waals surface area contributed by atoms with Crippen molar-refractivity contribution in [1.29, 1.82) is 0 Å². The van der Waals surface area contributed by atoms with E-state index in [1.165, 1.54) is 13.0 Å². The molecule has 8 nitrogen and oxygen atoms in total. The van der Waals surface area contributed by atoms with Gasteiger partial charge in [-0.1, -0.05) is 24.3 Å². The lowest BCUT2D eigenvalue weighted by atomic mass is 10.2. The fourth-order valence-corrected chi connectivity index (χ4v) is 2.51. The van der Waals surface area contributed by atoms with E-state index < -0.39 is 22.9 Å². The van der Waals surface area contributed by atoms with Gasteiger partial charge >= 0.3 is 5.97 Å². The Morgan fingerprint density at radius 2 is 1.93 bits per heavy atom. The van der Waals surface area contributed by atoms with E-state index in [1.54, 1.807) is 24.3 Å². The van der Waals surface area contributed by atoms with Crippen LogP contribution in [0, 0.1) is 17.0 Å². The Kier molecular flexibility index (Phi) is 7.50. The Hall–Kier alpha value is -3.42. The minimum absolute atomic E-state index is 0.0217. The summed E-state index contributed by atoms with van der Waals surface area (Å²) in [6, 6.07) is 13.6. The van der Waals surface area contributed by atoms with Gasteiger partial charge in [0.2, 0.25) is 0 Å². The summed E-state index contributed by atoms with van der Waals surface area (Å²) >= 11 is 0. The molecule has 148 valence electrons. The predicted octanol–water partition coefficient (Wildman–Crippen LogP) is 3.67. The Morgan fingerprint density at radius 1 is 1.18 bits per heavy atom. The van der Waals surface area contributed by atoms with Crippen LogP contribution in [0.4, 0.5) is 17.1 Å². The number of aryl methyl sites for hydroxylation is 1. The first-order valence-corrected chi connectivity index (χ1v) is 8.91. The molecule has 0 aliphatic heterocycles. The number of anilines is 2. The number of nitrogens with zero attached hydrogens (tertiary/aromatic N) is 1. The van der Waals surface area contributed by atoms with Crippen molar-refractivity contribution in [3.05, 3.63) is 64.2 Å². The molecule has 28 heavy (non-hydrogen) atoms. The molecule has 2 rings (SSSR count). The second kappa shape index (κ2) is 10.1. The summed E-state index contributed by atoms with van der Waals surface area (Å²) in [5, 5.41) is 16.6. The van der Waals surface area contributed by atoms with E-state index in [0.717, 1.165) is 5.56 Å². The Balaban J connectivity index is 1.73. The van der Waals surface area contributed by atoms with Crippen LogP contribution in [0.25, 0.3) is 0 Å². The number of amides is 1. The standard InChI is InChI=1S/C20H23N3O5/c1-14-7-5-8-16(13-14)22-20(25)15(2)28-19(24)11-6-12-21-17-9-3-4-10-18(17)23(26)27/h3-5,7-10,13,15,21H,6,11-12H2,1-2H3,(H,22,25)/t15-/m1/s1. The molecule has 0 fully saturated rings. The number of benzene rings is 2. The van der Waals surface area contributed by atoms with Crippen molar-refractivity contribution in [2.75, 3.05) is 17.2 Å². The van der Waals surface area contributed by atoms with Gasteiger partial charge in [0.1, 0.15) is 5.69 Å². The van der Waals surface area contributed by atoms with Gasteiger partial charge in [0.05, 0.1) is 4.92 Å². The summed E-state index contributed by atoms with van der Waals surface area (Å²) in [4.78, 5) is 34.5. The number of hydrogen-bond acceptors (Lipinski definition) is 6. The van der Waals surface area contributed by atoms with E-state index in [0.29, 0.717) is 24.3 Å². The molecule has 0 spiro atoms. The summed E-state index contributed by atoms with van der Waals surface area (Å²) in [7, 11) is 0. The lowest BCUT2D eigenvalue weighted by Crippen LogP contribution is -2.30. The second-order valence-corrected chi connectivity index (χ2v) is 6.30. The highest BCUT2D eigenvalue weighted by Gasteiger charge is 2.18. The first-order valence-electron chi connectivity index (χ1n) is 8.91. The lowest BCUT2D eigenvalue weighted by molar-refractivity contribution is -0.384. The summed E-state index contributed by atoms with van der Waals surface area (Å²) in [5.41, 5.74) is 2.02. The van der Waals surface area contributed by atoms with Crippen LogP contribution in [0.5, 0.6) is 0 Å². The zero-order valence-corrected chi connectivity index (χ0v) is 15.8. The Bertz CT molecular complexity index is 853. The van der Waals surface area contributed by atoms with Gasteiger partial charge in [0.25, 0.3) is 11.6 Å². The maximum Gasteiger partial charge on any atom is 0.306 e. The minimum atomic E-state index is -0.920. The number of nitro benzene ring substituents is 1. The topological polar surface area (TPSA) is 111 Å². The van der Waals surface area contributed by atoms with E-state index in [4.69, 9.17) is 4.74 Å². The van der Waals surface area contributed by atoms with Gasteiger partial charge < -0.3 is 15.4 Å². The summed E-state index contributed by atoms with van der Waals surface area (Å²) in [5.74, 6) is -0.909. The van der Waals surface area contributed by atoms with E-state index in [2.05, 4.69) is 10.6 Å². The van der Waals surface area contributed by atoms with Crippen molar-refractivity contribution in [2.45, 2.75) is 32.8 Å². The van der Waals surface area contributed by atoms with Gasteiger partial charge in [0.15, 0.2) is 6.10 Å². The first-order chi connectivity index (χ1) is 13.4. The summed E-state index contributed by atoms with van der Waals surface area (Å²) in [6.07, 6.45) is -0.413. The normalized spacial score (nSPS) is 11.4. The lowest BCUT2D eigenvalue weighted by Gasteiger charge is -2.14. The molecule has 0 saturated carbocycles. The fourth-order valence-electron chi connectivity index (χ4n) is 2.51. The third-order valence-electron chi connectivity index (χ3n) is 3.94. The molecule has 0 aliphatic rings. The number of nitrogens with one attached hydrogen (secondary N) is 2. The van der Waals surface area contributed by atoms with Crippen molar-refractivity contribution >= 4 is 28.9 Å². The van der Waals surface area contributed by atoms with Gasteiger partial charge in [-0.2, -0.15) is 0 Å². The van der Waals surface area contributed by atoms with Crippen LogP contribution in [0.15, 0.2) is 48.5 Å². The first kappa shape index (κ1) is 20.9. The van der Waals surface area contributed by atoms with Crippen molar-refractivity contribution in [3.8, 4) is 0 Å². The number of carbonyl (C=O) groups excluding carboxylic acids is 2. The Labute approximate surface area is 163 Å². The van der Waals surface area contributed by atoms with Crippen molar-refractivity contribution in [3.63, 3.8) is 0 Å². The maximum atomic E-state index is 12.1. The van der Waals surface area contributed by atoms with Crippen molar-refractivity contribution < 1.29 is 19.2 Å². The molecule has 0 heterocycles. The van der Waals surface area contributed by atoms with E-state index in [9.17, 15) is 19.7 Å². The molecule has 0 bridgehead atoms. The maximum absolute atomic E-state index is 12.1. The molecule has 0 saturated heterocycles. The number of nitro groups is 1. The Morgan fingerprint density at radius 3 is 2.64 bits per heavy atom. The molecule has 8 heteroatoms. The highest BCUT2D eigenvalue weighted by Crippen LogP contribution is 2.23. The number of ether oxygens (including phenoxy) is 1. The van der Waals surface area contributed by atoms with Crippen LogP contribution in [0.1, 0.15) is 25.3 Å². The van der Waals surface area contributed by atoms with Crippen molar-refractivity contribution in [2.24, 2.45) is 0 Å². The molecule has 2 aromatic carbocycles. The molecule has 0 unspecified atom stereocenters. The summed E-state index contributed by atoms with van der Waals surface area (Å²) in [6.45, 7) is 3.79. The molecular formula is C20H23N3O5. The minimum Gasteiger partial charge on any atom is -0.453 e. The zero-order valence-electron chi connectivity index (χ0n) is 15.8. The van der Waals surface area contributed by atoms with Crippen LogP contribution < -0.4 is 10.6 Å². The predicted molar refractivity (Wildman–Crippen MR) is 106 cm³/mol. The highest BCUT2D eigenvalue weighted by atomic mass is 16.6. The second-order valence-electron chi connectivity index (χ2n) is 6.30. The van der Waals surface area contributed by atoms with Crippen LogP contribution in [-0.4, -0.2) is 29.4 Å². The largest absolute Gasteiger partial charge is 0.453 e. The number of hydrogen-bond donors (Lipinski definition) is 2. The fraction of sp³-hybridized carbons (Fsp3) is 0.300. The quantitative estimate of drug-likeness (QED) is 0.295. The van der Waals surface area contributed by atoms with E-state index in [1.807, 2.05) is 25.1 Å². The number of rotatable bonds is 9. The SMILES string of the molecule is Cc1cccc(NC(=O)[C@@H](C)OC(=O)CCCNc2ccccc2[N+](=O)[O-])c1. The molecule has 1 atom stereocenters. The molecule has 2 aromatic rings. The van der Waals surface area contributed by atoms with Gasteiger partial charge in [-0.15, -0.1) is 0 Å². The van der Waals surface area contributed by atoms with Crippen LogP contribution in [-0.2, 0) is 14.3 Å². The number of para-hydroxylation sites is 2. The van der Waals surface area contributed by atoms with Gasteiger partial charge in [0, 0.05) is 24.7 Å². The van der Waals surface area contributed by atoms with Gasteiger partial charge in [-0.25, -0.2) is 0 Å². The van der Waals surface area contributed by atoms with Gasteiger partial charge in [-0.3, -0.25) is 19.7 Å².